The lowest BCUT2D eigenvalue weighted by atomic mass is 10.2. The Hall–Kier alpha value is -1.78. The Balaban J connectivity index is 2.48. The molecule has 0 saturated carbocycles. The maximum atomic E-state index is 12.5. The average molecular weight is 240 g/mol. The lowest BCUT2D eigenvalue weighted by molar-refractivity contribution is -0.137. The molecule has 0 aliphatic heterocycles. The second-order valence-electron chi connectivity index (χ2n) is 4.03. The third-order valence-corrected chi connectivity index (χ3v) is 2.39. The van der Waals surface area contributed by atoms with E-state index in [1.54, 1.807) is 4.57 Å². The van der Waals surface area contributed by atoms with Gasteiger partial charge in [-0.3, -0.25) is 0 Å². The minimum atomic E-state index is -4.33. The van der Waals surface area contributed by atoms with Crippen molar-refractivity contribution in [3.63, 3.8) is 0 Å². The first-order valence-electron chi connectivity index (χ1n) is 5.04. The highest BCUT2D eigenvalue weighted by Gasteiger charge is 2.30. The number of hydrogen-bond donors (Lipinski definition) is 0. The molecule has 0 bridgehead atoms. The normalized spacial score (nSPS) is 12.0. The number of aromatic nitrogens is 2. The highest BCUT2D eigenvalue weighted by atomic mass is 19.4. The summed E-state index contributed by atoms with van der Waals surface area (Å²) in [7, 11) is 0. The number of nitrogens with zero attached hydrogens (tertiary/aromatic N) is 2. The van der Waals surface area contributed by atoms with Gasteiger partial charge in [0, 0.05) is 6.54 Å². The number of fused-ring (bicyclic) bond motifs is 1. The van der Waals surface area contributed by atoms with Gasteiger partial charge in [-0.25, -0.2) is 4.98 Å². The number of hydrogen-bond acceptors (Lipinski definition) is 1. The number of halogens is 3. The van der Waals surface area contributed by atoms with E-state index in [9.17, 15) is 13.2 Å². The predicted molar refractivity (Wildman–Crippen MR) is 59.5 cm³/mol. The summed E-state index contributed by atoms with van der Waals surface area (Å²) in [4.78, 5) is 3.97. The third kappa shape index (κ3) is 2.33. The van der Waals surface area contributed by atoms with Crippen molar-refractivity contribution < 1.29 is 13.2 Å². The standard InChI is InChI=1S/C12H11F3N2/c1-8(2)6-17-7-16-10-5-9(12(13,14)15)3-4-11(10)17/h3-5,7H,1,6H2,2H3. The molecule has 2 nitrogen and oxygen atoms in total. The minimum Gasteiger partial charge on any atom is -0.326 e. The van der Waals surface area contributed by atoms with Crippen molar-refractivity contribution in [2.45, 2.75) is 19.6 Å². The smallest absolute Gasteiger partial charge is 0.326 e. The van der Waals surface area contributed by atoms with Crippen molar-refractivity contribution >= 4 is 11.0 Å². The van der Waals surface area contributed by atoms with Crippen LogP contribution in [0.1, 0.15) is 12.5 Å². The van der Waals surface area contributed by atoms with Crippen molar-refractivity contribution in [2.75, 3.05) is 0 Å². The lowest BCUT2D eigenvalue weighted by Gasteiger charge is -2.07. The van der Waals surface area contributed by atoms with E-state index >= 15 is 0 Å². The topological polar surface area (TPSA) is 17.8 Å². The first-order chi connectivity index (χ1) is 7.88. The monoisotopic (exact) mass is 240 g/mol. The van der Waals surface area contributed by atoms with E-state index in [2.05, 4.69) is 11.6 Å². The van der Waals surface area contributed by atoms with Gasteiger partial charge in [-0.2, -0.15) is 13.2 Å². The molecule has 0 saturated heterocycles. The Kier molecular flexibility index (Phi) is 2.69. The van der Waals surface area contributed by atoms with Crippen molar-refractivity contribution in [3.8, 4) is 0 Å². The Morgan fingerprint density at radius 2 is 2.12 bits per heavy atom. The summed E-state index contributed by atoms with van der Waals surface area (Å²) in [5, 5.41) is 0. The molecule has 2 rings (SSSR count). The van der Waals surface area contributed by atoms with Crippen LogP contribution in [0.5, 0.6) is 0 Å². The molecule has 0 radical (unpaired) electrons. The van der Waals surface area contributed by atoms with Crippen molar-refractivity contribution in [2.24, 2.45) is 0 Å². The molecule has 0 unspecified atom stereocenters. The van der Waals surface area contributed by atoms with Crippen molar-refractivity contribution in [3.05, 3.63) is 42.2 Å². The molecule has 0 aliphatic carbocycles. The molecule has 0 fully saturated rings. The molecule has 5 heteroatoms. The first-order valence-corrected chi connectivity index (χ1v) is 5.04. The van der Waals surface area contributed by atoms with Crippen LogP contribution in [0.15, 0.2) is 36.7 Å². The molecule has 17 heavy (non-hydrogen) atoms. The second-order valence-corrected chi connectivity index (χ2v) is 4.03. The van der Waals surface area contributed by atoms with E-state index in [4.69, 9.17) is 0 Å². The Morgan fingerprint density at radius 1 is 1.41 bits per heavy atom. The number of imidazole rings is 1. The van der Waals surface area contributed by atoms with Crippen LogP contribution in [0.2, 0.25) is 0 Å². The van der Waals surface area contributed by atoms with Crippen LogP contribution >= 0.6 is 0 Å². The van der Waals surface area contributed by atoms with Crippen LogP contribution in [-0.4, -0.2) is 9.55 Å². The van der Waals surface area contributed by atoms with Gasteiger partial charge in [0.05, 0.1) is 22.9 Å². The number of allylic oxidation sites excluding steroid dienone is 1. The number of alkyl halides is 3. The van der Waals surface area contributed by atoms with Gasteiger partial charge in [0.25, 0.3) is 0 Å². The fourth-order valence-corrected chi connectivity index (χ4v) is 1.66. The Bertz CT molecular complexity index is 567. The van der Waals surface area contributed by atoms with Gasteiger partial charge in [-0.05, 0) is 25.1 Å². The molecule has 0 spiro atoms. The lowest BCUT2D eigenvalue weighted by Crippen LogP contribution is -2.04. The number of benzene rings is 1. The van der Waals surface area contributed by atoms with E-state index in [1.807, 2.05) is 6.92 Å². The van der Waals surface area contributed by atoms with Gasteiger partial charge in [-0.1, -0.05) is 12.2 Å². The summed E-state index contributed by atoms with van der Waals surface area (Å²) in [5.74, 6) is 0. The maximum absolute atomic E-state index is 12.5. The highest BCUT2D eigenvalue weighted by Crippen LogP contribution is 2.31. The summed E-state index contributed by atoms with van der Waals surface area (Å²) in [6.45, 7) is 6.18. The van der Waals surface area contributed by atoms with Gasteiger partial charge in [0.2, 0.25) is 0 Å². The molecule has 0 amide bonds. The minimum absolute atomic E-state index is 0.348. The average Bonchev–Trinajstić information content (AvgIpc) is 2.59. The SMILES string of the molecule is C=C(C)Cn1cnc2cc(C(F)(F)F)ccc21. The quantitative estimate of drug-likeness (QED) is 0.733. The predicted octanol–water partition coefficient (Wildman–Crippen LogP) is 3.63. The summed E-state index contributed by atoms with van der Waals surface area (Å²) in [6, 6.07) is 3.57. The maximum Gasteiger partial charge on any atom is 0.416 e. The van der Waals surface area contributed by atoms with Crippen molar-refractivity contribution in [1.82, 2.24) is 9.55 Å². The molecule has 90 valence electrons. The zero-order valence-electron chi connectivity index (χ0n) is 9.25. The molecule has 1 aromatic heterocycles. The van der Waals surface area contributed by atoms with Crippen LogP contribution in [0.4, 0.5) is 13.2 Å². The fourth-order valence-electron chi connectivity index (χ4n) is 1.66. The van der Waals surface area contributed by atoms with Crippen LogP contribution < -0.4 is 0 Å². The first kappa shape index (κ1) is 11.7. The van der Waals surface area contributed by atoms with Gasteiger partial charge in [0.1, 0.15) is 0 Å². The molecule has 2 aromatic rings. The molecular weight excluding hydrogens is 229 g/mol. The van der Waals surface area contributed by atoms with Crippen molar-refractivity contribution in [1.29, 1.82) is 0 Å². The van der Waals surface area contributed by atoms with E-state index in [1.165, 1.54) is 12.4 Å². The van der Waals surface area contributed by atoms with Gasteiger partial charge in [-0.15, -0.1) is 0 Å². The van der Waals surface area contributed by atoms with Crippen LogP contribution in [-0.2, 0) is 12.7 Å². The van der Waals surface area contributed by atoms with Crippen LogP contribution in [0.3, 0.4) is 0 Å². The summed E-state index contributed by atoms with van der Waals surface area (Å²) in [5.41, 5.74) is 1.27. The molecule has 0 atom stereocenters. The molecule has 0 N–H and O–H groups in total. The van der Waals surface area contributed by atoms with Crippen LogP contribution in [0.25, 0.3) is 11.0 Å². The fraction of sp³-hybridized carbons (Fsp3) is 0.250. The van der Waals surface area contributed by atoms with E-state index in [0.717, 1.165) is 17.7 Å². The summed E-state index contributed by atoms with van der Waals surface area (Å²) in [6.07, 6.45) is -2.80. The Morgan fingerprint density at radius 3 is 2.71 bits per heavy atom. The van der Waals surface area contributed by atoms with E-state index in [-0.39, 0.29) is 0 Å². The molecular formula is C12H11F3N2. The largest absolute Gasteiger partial charge is 0.416 e. The summed E-state index contributed by atoms with van der Waals surface area (Å²) < 4.78 is 39.2. The molecule has 1 heterocycles. The second kappa shape index (κ2) is 3.91. The zero-order valence-corrected chi connectivity index (χ0v) is 9.25. The summed E-state index contributed by atoms with van der Waals surface area (Å²) >= 11 is 0. The van der Waals surface area contributed by atoms with Gasteiger partial charge < -0.3 is 4.57 Å². The molecule has 0 aliphatic rings. The van der Waals surface area contributed by atoms with Gasteiger partial charge in [0.15, 0.2) is 0 Å². The third-order valence-electron chi connectivity index (χ3n) is 2.39. The number of rotatable bonds is 2. The highest BCUT2D eigenvalue weighted by molar-refractivity contribution is 5.76. The van der Waals surface area contributed by atoms with E-state index < -0.39 is 11.7 Å². The van der Waals surface area contributed by atoms with Gasteiger partial charge >= 0.3 is 6.18 Å². The van der Waals surface area contributed by atoms with E-state index in [0.29, 0.717) is 17.6 Å². The van der Waals surface area contributed by atoms with Crippen LogP contribution in [0, 0.1) is 0 Å². The molecule has 1 aromatic carbocycles. The zero-order chi connectivity index (χ0) is 12.6. The Labute approximate surface area is 96.4 Å².